The third kappa shape index (κ3) is 3.67. The third-order valence-electron chi connectivity index (χ3n) is 1.92. The van der Waals surface area contributed by atoms with Crippen molar-refractivity contribution in [1.29, 1.82) is 0 Å². The zero-order valence-electron chi connectivity index (χ0n) is 8.58. The smallest absolute Gasteiger partial charge is 0.165 e. The Balaban J connectivity index is 2.75. The van der Waals surface area contributed by atoms with E-state index in [1.807, 2.05) is 0 Å². The van der Waals surface area contributed by atoms with Crippen LogP contribution in [-0.2, 0) is 0 Å². The molecule has 0 aromatic heterocycles. The third-order valence-corrected chi connectivity index (χ3v) is 2.52. The molecule has 0 aliphatic heterocycles. The first-order valence-corrected chi connectivity index (χ1v) is 5.41. The summed E-state index contributed by atoms with van der Waals surface area (Å²) in [5.74, 6) is -0.474. The van der Waals surface area contributed by atoms with Gasteiger partial charge in [-0.1, -0.05) is 29.3 Å². The van der Waals surface area contributed by atoms with E-state index in [-0.39, 0.29) is 17.4 Å². The van der Waals surface area contributed by atoms with Gasteiger partial charge in [-0.15, -0.1) is 0 Å². The topological polar surface area (TPSA) is 29.5 Å². The molecule has 0 saturated carbocycles. The van der Waals surface area contributed by atoms with Crippen LogP contribution in [0.2, 0.25) is 0 Å². The Morgan fingerprint density at radius 2 is 2.31 bits per heavy atom. The van der Waals surface area contributed by atoms with Crippen LogP contribution < -0.4 is 4.74 Å². The van der Waals surface area contributed by atoms with Gasteiger partial charge in [0.25, 0.3) is 0 Å². The zero-order chi connectivity index (χ0) is 12.1. The monoisotopic (exact) mass is 264 g/mol. The van der Waals surface area contributed by atoms with Gasteiger partial charge in [0.1, 0.15) is 6.61 Å². The quantitative estimate of drug-likeness (QED) is 0.901. The first kappa shape index (κ1) is 13.3. The second kappa shape index (κ2) is 6.09. The Hall–Kier alpha value is -0.770. The lowest BCUT2D eigenvalue weighted by Crippen LogP contribution is -2.00. The van der Waals surface area contributed by atoms with Crippen LogP contribution in [0.15, 0.2) is 28.8 Å². The highest BCUT2D eigenvalue weighted by Crippen LogP contribution is 2.22. The fourth-order valence-electron chi connectivity index (χ4n) is 1.07. The lowest BCUT2D eigenvalue weighted by molar-refractivity contribution is 0.198. The number of hydrogen-bond acceptors (Lipinski definition) is 2. The number of rotatable bonds is 4. The van der Waals surface area contributed by atoms with Crippen molar-refractivity contribution >= 4 is 23.2 Å². The molecule has 1 unspecified atom stereocenters. The molecule has 0 radical (unpaired) electrons. The highest BCUT2D eigenvalue weighted by molar-refractivity contribution is 6.36. The summed E-state index contributed by atoms with van der Waals surface area (Å²) >= 11 is 10.9. The van der Waals surface area contributed by atoms with Gasteiger partial charge in [0.05, 0.1) is 11.1 Å². The minimum atomic E-state index is -0.713. The van der Waals surface area contributed by atoms with Crippen LogP contribution >= 0.6 is 23.2 Å². The van der Waals surface area contributed by atoms with Crippen LogP contribution in [0, 0.1) is 5.82 Å². The van der Waals surface area contributed by atoms with Gasteiger partial charge in [0.2, 0.25) is 0 Å². The zero-order valence-corrected chi connectivity index (χ0v) is 10.1. The molecular weight excluding hydrogens is 254 g/mol. The summed E-state index contributed by atoms with van der Waals surface area (Å²) in [6, 6.07) is 4.25. The number of benzene rings is 1. The lowest BCUT2D eigenvalue weighted by Gasteiger charge is -2.09. The summed E-state index contributed by atoms with van der Waals surface area (Å²) in [5, 5.41) is 9.52. The predicted molar refractivity (Wildman–Crippen MR) is 62.3 cm³/mol. The average Bonchev–Trinajstić information content (AvgIpc) is 2.26. The fraction of sp³-hybridized carbons (Fsp3) is 0.273. The van der Waals surface area contributed by atoms with Gasteiger partial charge in [0.15, 0.2) is 11.6 Å². The van der Waals surface area contributed by atoms with Crippen molar-refractivity contribution in [3.05, 3.63) is 40.1 Å². The first-order chi connectivity index (χ1) is 7.54. The Bertz CT molecular complexity index is 392. The van der Waals surface area contributed by atoms with Gasteiger partial charge in [0, 0.05) is 5.54 Å². The molecule has 0 saturated heterocycles. The van der Waals surface area contributed by atoms with Gasteiger partial charge < -0.3 is 9.84 Å². The van der Waals surface area contributed by atoms with Crippen molar-refractivity contribution in [2.45, 2.75) is 13.0 Å². The number of ether oxygens (including phenoxy) is 1. The Morgan fingerprint density at radius 3 is 2.81 bits per heavy atom. The van der Waals surface area contributed by atoms with Gasteiger partial charge in [-0.25, -0.2) is 4.39 Å². The summed E-state index contributed by atoms with van der Waals surface area (Å²) < 4.78 is 18.5. The van der Waals surface area contributed by atoms with Crippen LogP contribution in [-0.4, -0.2) is 11.7 Å². The summed E-state index contributed by atoms with van der Waals surface area (Å²) in [6.07, 6.45) is -0.713. The Labute approximate surface area is 103 Å². The molecule has 0 aliphatic rings. The molecule has 5 heteroatoms. The van der Waals surface area contributed by atoms with Crippen LogP contribution in [0.25, 0.3) is 0 Å². The fourth-order valence-corrected chi connectivity index (χ4v) is 1.19. The molecule has 1 N–H and O–H groups in total. The van der Waals surface area contributed by atoms with Gasteiger partial charge in [-0.2, -0.15) is 0 Å². The minimum Gasteiger partial charge on any atom is -0.485 e. The number of halogens is 3. The molecule has 0 spiro atoms. The largest absolute Gasteiger partial charge is 0.485 e. The standard InChI is InChI=1S/C11H11Cl2FO2/c1-7(15)8-2-3-11(10(14)4-8)16-6-9(13)5-12/h2-5,7,15H,6H2,1H3/b9-5-. The maximum atomic E-state index is 13.4. The van der Waals surface area contributed by atoms with E-state index < -0.39 is 11.9 Å². The molecule has 0 heterocycles. The second-order valence-corrected chi connectivity index (χ2v) is 3.91. The van der Waals surface area contributed by atoms with E-state index >= 15 is 0 Å². The first-order valence-electron chi connectivity index (χ1n) is 4.59. The van der Waals surface area contributed by atoms with Gasteiger partial charge in [-0.05, 0) is 24.6 Å². The second-order valence-electron chi connectivity index (χ2n) is 3.21. The molecule has 0 amide bonds. The summed E-state index contributed by atoms with van der Waals surface area (Å²) in [5.41, 5.74) is 1.65. The van der Waals surface area contributed by atoms with Crippen LogP contribution in [0.3, 0.4) is 0 Å². The van der Waals surface area contributed by atoms with Gasteiger partial charge in [-0.3, -0.25) is 0 Å². The van der Waals surface area contributed by atoms with Crippen molar-refractivity contribution in [3.8, 4) is 5.75 Å². The summed E-state index contributed by atoms with van der Waals surface area (Å²) in [4.78, 5) is 0. The summed E-state index contributed by atoms with van der Waals surface area (Å²) in [7, 11) is 0. The normalized spacial score (nSPS) is 13.7. The predicted octanol–water partition coefficient (Wildman–Crippen LogP) is 3.58. The highest BCUT2D eigenvalue weighted by Gasteiger charge is 2.08. The van der Waals surface area contributed by atoms with E-state index in [4.69, 9.17) is 27.9 Å². The molecule has 88 valence electrons. The molecule has 1 aromatic rings. The molecular formula is C11H11Cl2FO2. The molecule has 1 rings (SSSR count). The maximum absolute atomic E-state index is 13.4. The molecule has 0 bridgehead atoms. The van der Waals surface area contributed by atoms with Crippen molar-refractivity contribution < 1.29 is 14.2 Å². The average molecular weight is 265 g/mol. The molecule has 0 aliphatic carbocycles. The lowest BCUT2D eigenvalue weighted by atomic mass is 10.1. The number of aliphatic hydroxyl groups excluding tert-OH is 1. The van der Waals surface area contributed by atoms with E-state index in [0.29, 0.717) is 5.56 Å². The molecule has 1 aromatic carbocycles. The van der Waals surface area contributed by atoms with Crippen molar-refractivity contribution in [3.63, 3.8) is 0 Å². The van der Waals surface area contributed by atoms with Crippen molar-refractivity contribution in [1.82, 2.24) is 0 Å². The van der Waals surface area contributed by atoms with E-state index in [9.17, 15) is 9.50 Å². The molecule has 2 nitrogen and oxygen atoms in total. The van der Waals surface area contributed by atoms with E-state index in [1.54, 1.807) is 13.0 Å². The number of aliphatic hydroxyl groups is 1. The van der Waals surface area contributed by atoms with E-state index in [0.717, 1.165) is 5.54 Å². The Morgan fingerprint density at radius 1 is 1.62 bits per heavy atom. The number of hydrogen-bond donors (Lipinski definition) is 1. The SMILES string of the molecule is CC(O)c1ccc(OC/C(Cl)=C/Cl)c(F)c1. The summed E-state index contributed by atoms with van der Waals surface area (Å²) in [6.45, 7) is 1.57. The highest BCUT2D eigenvalue weighted by atomic mass is 35.5. The molecule has 1 atom stereocenters. The van der Waals surface area contributed by atoms with Gasteiger partial charge >= 0.3 is 0 Å². The molecule has 16 heavy (non-hydrogen) atoms. The van der Waals surface area contributed by atoms with E-state index in [1.165, 1.54) is 12.1 Å². The van der Waals surface area contributed by atoms with Crippen LogP contribution in [0.1, 0.15) is 18.6 Å². The van der Waals surface area contributed by atoms with E-state index in [2.05, 4.69) is 0 Å². The van der Waals surface area contributed by atoms with Crippen LogP contribution in [0.5, 0.6) is 5.75 Å². The Kier molecular flexibility index (Phi) is 5.06. The maximum Gasteiger partial charge on any atom is 0.165 e. The van der Waals surface area contributed by atoms with Crippen molar-refractivity contribution in [2.24, 2.45) is 0 Å². The molecule has 0 fully saturated rings. The minimum absolute atomic E-state index is 0.00992. The van der Waals surface area contributed by atoms with Crippen molar-refractivity contribution in [2.75, 3.05) is 6.61 Å². The van der Waals surface area contributed by atoms with Crippen LogP contribution in [0.4, 0.5) is 4.39 Å².